The topological polar surface area (TPSA) is 81.8 Å². The van der Waals surface area contributed by atoms with Crippen LogP contribution in [-0.2, 0) is 16.1 Å². The van der Waals surface area contributed by atoms with E-state index in [1.165, 1.54) is 7.11 Å². The van der Waals surface area contributed by atoms with Crippen molar-refractivity contribution in [3.63, 3.8) is 0 Å². The van der Waals surface area contributed by atoms with E-state index in [0.29, 0.717) is 28.5 Å². The Labute approximate surface area is 140 Å². The number of carbonyl (C=O) groups is 1. The average Bonchev–Trinajstić information content (AvgIpc) is 2.93. The fourth-order valence-electron chi connectivity index (χ4n) is 3.79. The van der Waals surface area contributed by atoms with Gasteiger partial charge in [0.1, 0.15) is 5.75 Å². The molecular formula is C19H19NO4. The second kappa shape index (κ2) is 4.59. The highest BCUT2D eigenvalue weighted by Gasteiger charge is 2.72. The van der Waals surface area contributed by atoms with Gasteiger partial charge in [0, 0.05) is 23.9 Å². The van der Waals surface area contributed by atoms with Gasteiger partial charge in [-0.3, -0.25) is 4.79 Å². The number of Topliss-reactive ketones (excluding diaryl/α,β-unsaturated/α-hetero) is 1. The first kappa shape index (κ1) is 15.2. The highest BCUT2D eigenvalue weighted by atomic mass is 16.7. The number of hydrogen-bond acceptors (Lipinski definition) is 5. The summed E-state index contributed by atoms with van der Waals surface area (Å²) < 4.78 is 11.7. The lowest BCUT2D eigenvalue weighted by Gasteiger charge is -2.32. The van der Waals surface area contributed by atoms with Crippen LogP contribution < -0.4 is 10.5 Å². The standard InChI is InChI=1S/C19H19NO4/c1-10(2)11-7-8-12-15(9-11)24-19(23-3)13-5-4-6-14(20)16(13)17(21)18(12,19)22/h4-10,22H,20H2,1-3H3. The number of ether oxygens (including phenoxy) is 2. The number of carbonyl (C=O) groups excluding carboxylic acids is 1. The molecule has 1 aliphatic carbocycles. The quantitative estimate of drug-likeness (QED) is 0.830. The zero-order chi connectivity index (χ0) is 17.3. The lowest BCUT2D eigenvalue weighted by molar-refractivity contribution is -0.242. The summed E-state index contributed by atoms with van der Waals surface area (Å²) in [5, 5.41) is 11.4. The third kappa shape index (κ3) is 1.49. The Morgan fingerprint density at radius 1 is 1.21 bits per heavy atom. The average molecular weight is 325 g/mol. The number of fused-ring (bicyclic) bond motifs is 5. The van der Waals surface area contributed by atoms with Gasteiger partial charge in [-0.05, 0) is 23.6 Å². The van der Waals surface area contributed by atoms with E-state index in [9.17, 15) is 9.90 Å². The summed E-state index contributed by atoms with van der Waals surface area (Å²) in [7, 11) is 1.42. The summed E-state index contributed by atoms with van der Waals surface area (Å²) in [5.74, 6) is -1.33. The Hall–Kier alpha value is -2.37. The van der Waals surface area contributed by atoms with Gasteiger partial charge < -0.3 is 20.3 Å². The number of aliphatic hydroxyl groups is 1. The number of rotatable bonds is 2. The molecule has 2 aliphatic rings. The van der Waals surface area contributed by atoms with Crippen molar-refractivity contribution >= 4 is 11.5 Å². The zero-order valence-corrected chi connectivity index (χ0v) is 13.8. The highest BCUT2D eigenvalue weighted by Crippen LogP contribution is 2.60. The third-order valence-electron chi connectivity index (χ3n) is 5.09. The lowest BCUT2D eigenvalue weighted by atomic mass is 9.86. The highest BCUT2D eigenvalue weighted by molar-refractivity contribution is 6.13. The predicted molar refractivity (Wildman–Crippen MR) is 88.9 cm³/mol. The summed E-state index contributed by atoms with van der Waals surface area (Å²) in [6.07, 6.45) is 0. The van der Waals surface area contributed by atoms with Gasteiger partial charge in [0.2, 0.25) is 11.4 Å². The van der Waals surface area contributed by atoms with Gasteiger partial charge in [-0.1, -0.05) is 38.1 Å². The molecule has 5 heteroatoms. The molecule has 24 heavy (non-hydrogen) atoms. The lowest BCUT2D eigenvalue weighted by Crippen LogP contribution is -2.50. The largest absolute Gasteiger partial charge is 0.453 e. The second-order valence-corrected chi connectivity index (χ2v) is 6.64. The van der Waals surface area contributed by atoms with Gasteiger partial charge in [-0.2, -0.15) is 0 Å². The molecule has 0 fully saturated rings. The van der Waals surface area contributed by atoms with E-state index in [-0.39, 0.29) is 5.56 Å². The van der Waals surface area contributed by atoms with Crippen molar-refractivity contribution in [1.29, 1.82) is 0 Å². The summed E-state index contributed by atoms with van der Waals surface area (Å²) in [4.78, 5) is 13.1. The van der Waals surface area contributed by atoms with Crippen molar-refractivity contribution in [2.24, 2.45) is 0 Å². The van der Waals surface area contributed by atoms with Crippen molar-refractivity contribution in [2.45, 2.75) is 31.2 Å². The van der Waals surface area contributed by atoms with Crippen LogP contribution >= 0.6 is 0 Å². The minimum Gasteiger partial charge on any atom is -0.453 e. The number of anilines is 1. The van der Waals surface area contributed by atoms with Crippen LogP contribution in [0.5, 0.6) is 5.75 Å². The molecule has 1 heterocycles. The molecule has 0 saturated heterocycles. The number of ketones is 1. The van der Waals surface area contributed by atoms with Crippen LogP contribution in [0.15, 0.2) is 36.4 Å². The fraction of sp³-hybridized carbons (Fsp3) is 0.316. The van der Waals surface area contributed by atoms with Crippen molar-refractivity contribution < 1.29 is 19.4 Å². The normalized spacial score (nSPS) is 27.0. The minimum atomic E-state index is -1.94. The van der Waals surface area contributed by atoms with Gasteiger partial charge in [-0.15, -0.1) is 0 Å². The zero-order valence-electron chi connectivity index (χ0n) is 13.8. The molecule has 2 aromatic rings. The van der Waals surface area contributed by atoms with Gasteiger partial charge in [0.05, 0.1) is 5.56 Å². The van der Waals surface area contributed by atoms with E-state index in [0.717, 1.165) is 5.56 Å². The van der Waals surface area contributed by atoms with E-state index in [1.807, 2.05) is 12.1 Å². The van der Waals surface area contributed by atoms with Crippen LogP contribution in [-0.4, -0.2) is 18.0 Å². The van der Waals surface area contributed by atoms with Gasteiger partial charge in [0.25, 0.3) is 5.79 Å². The fourth-order valence-corrected chi connectivity index (χ4v) is 3.79. The van der Waals surface area contributed by atoms with Gasteiger partial charge >= 0.3 is 0 Å². The first-order chi connectivity index (χ1) is 11.4. The Morgan fingerprint density at radius 2 is 1.96 bits per heavy atom. The molecule has 0 aromatic heterocycles. The van der Waals surface area contributed by atoms with Gasteiger partial charge in [-0.25, -0.2) is 0 Å². The minimum absolute atomic E-state index is 0.264. The van der Waals surface area contributed by atoms with Crippen LogP contribution in [0.1, 0.15) is 46.8 Å². The van der Waals surface area contributed by atoms with Crippen molar-refractivity contribution in [3.8, 4) is 5.75 Å². The van der Waals surface area contributed by atoms with Crippen molar-refractivity contribution in [2.75, 3.05) is 12.8 Å². The number of methoxy groups -OCH3 is 1. The molecule has 3 N–H and O–H groups in total. The number of nitrogen functional groups attached to an aromatic ring is 1. The number of nitrogens with two attached hydrogens (primary N) is 1. The number of hydrogen-bond donors (Lipinski definition) is 2. The van der Waals surface area contributed by atoms with Crippen molar-refractivity contribution in [3.05, 3.63) is 58.7 Å². The monoisotopic (exact) mass is 325 g/mol. The molecule has 2 aromatic carbocycles. The van der Waals surface area contributed by atoms with E-state index in [4.69, 9.17) is 15.2 Å². The molecule has 0 amide bonds. The summed E-state index contributed by atoms with van der Waals surface area (Å²) in [6.45, 7) is 4.14. The van der Waals surface area contributed by atoms with Crippen molar-refractivity contribution in [1.82, 2.24) is 0 Å². The Bertz CT molecular complexity index is 876. The SMILES string of the molecule is COC12Oc3cc(C(C)C)ccc3C1(O)C(=O)c1c(N)cccc12. The third-order valence-corrected chi connectivity index (χ3v) is 5.09. The maximum absolute atomic E-state index is 13.1. The van der Waals surface area contributed by atoms with E-state index >= 15 is 0 Å². The van der Waals surface area contributed by atoms with Gasteiger partial charge in [0.15, 0.2) is 0 Å². The van der Waals surface area contributed by atoms with Crippen LogP contribution in [0.25, 0.3) is 0 Å². The molecule has 2 atom stereocenters. The smallest absolute Gasteiger partial charge is 0.279 e. The molecule has 1 aliphatic heterocycles. The Balaban J connectivity index is 2.01. The predicted octanol–water partition coefficient (Wildman–Crippen LogP) is 2.67. The molecule has 4 rings (SSSR count). The molecule has 0 saturated carbocycles. The molecule has 0 radical (unpaired) electrons. The number of benzene rings is 2. The van der Waals surface area contributed by atoms with E-state index < -0.39 is 17.2 Å². The summed E-state index contributed by atoms with van der Waals surface area (Å²) >= 11 is 0. The van der Waals surface area contributed by atoms with E-state index in [2.05, 4.69) is 13.8 Å². The maximum atomic E-state index is 13.1. The summed E-state index contributed by atoms with van der Waals surface area (Å²) in [6, 6.07) is 10.6. The van der Waals surface area contributed by atoms with Crippen LogP contribution in [0.3, 0.4) is 0 Å². The van der Waals surface area contributed by atoms with Crippen LogP contribution in [0.2, 0.25) is 0 Å². The molecule has 5 nitrogen and oxygen atoms in total. The van der Waals surface area contributed by atoms with E-state index in [1.54, 1.807) is 24.3 Å². The van der Waals surface area contributed by atoms with Crippen LogP contribution in [0.4, 0.5) is 5.69 Å². The first-order valence-electron chi connectivity index (χ1n) is 7.91. The Morgan fingerprint density at radius 3 is 2.62 bits per heavy atom. The first-order valence-corrected chi connectivity index (χ1v) is 7.91. The molecule has 0 spiro atoms. The Kier molecular flexibility index (Phi) is 2.90. The molecule has 2 unspecified atom stereocenters. The molecule has 0 bridgehead atoms. The molecular weight excluding hydrogens is 306 g/mol. The van der Waals surface area contributed by atoms with Crippen LogP contribution in [0, 0.1) is 0 Å². The second-order valence-electron chi connectivity index (χ2n) is 6.64. The maximum Gasteiger partial charge on any atom is 0.279 e. The molecule has 124 valence electrons. The summed E-state index contributed by atoms with van der Waals surface area (Å²) in [5.41, 5.74) is 6.54.